The number of benzene rings is 1. The second-order valence-electron chi connectivity index (χ2n) is 3.67. The number of hydrogen-bond acceptors (Lipinski definition) is 2. The lowest BCUT2D eigenvalue weighted by molar-refractivity contribution is -0.116. The molecule has 0 spiro atoms. The van der Waals surface area contributed by atoms with Gasteiger partial charge in [-0.1, -0.05) is 6.07 Å². The Morgan fingerprint density at radius 1 is 1.43 bits per heavy atom. The molecule has 0 aromatic heterocycles. The molecule has 0 radical (unpaired) electrons. The number of anilines is 1. The molecule has 0 N–H and O–H groups in total. The van der Waals surface area contributed by atoms with Crippen LogP contribution in [0.4, 0.5) is 10.1 Å². The van der Waals surface area contributed by atoms with Gasteiger partial charge in [-0.2, -0.15) is 0 Å². The minimum atomic E-state index is -0.245. The van der Waals surface area contributed by atoms with Gasteiger partial charge in [-0.15, -0.1) is 0 Å². The lowest BCUT2D eigenvalue weighted by Crippen LogP contribution is -2.20. The van der Waals surface area contributed by atoms with E-state index >= 15 is 0 Å². The van der Waals surface area contributed by atoms with Crippen LogP contribution >= 0.6 is 0 Å². The molecule has 1 heterocycles. The van der Waals surface area contributed by atoms with E-state index in [0.717, 1.165) is 5.56 Å². The molecular weight excluding hydrogens is 181 g/mol. The van der Waals surface area contributed by atoms with Gasteiger partial charge in [0.05, 0.1) is 12.2 Å². The number of hydrogen-bond donors (Lipinski definition) is 0. The van der Waals surface area contributed by atoms with E-state index in [1.54, 1.807) is 17.0 Å². The van der Waals surface area contributed by atoms with Gasteiger partial charge in [0.15, 0.2) is 5.78 Å². The van der Waals surface area contributed by atoms with Crippen molar-refractivity contribution in [3.63, 3.8) is 0 Å². The van der Waals surface area contributed by atoms with E-state index in [9.17, 15) is 9.18 Å². The van der Waals surface area contributed by atoms with E-state index in [1.807, 2.05) is 6.92 Å². The highest BCUT2D eigenvalue weighted by Crippen LogP contribution is 2.23. The van der Waals surface area contributed by atoms with E-state index in [4.69, 9.17) is 0 Å². The van der Waals surface area contributed by atoms with Gasteiger partial charge in [0, 0.05) is 13.0 Å². The Balaban J connectivity index is 2.31. The van der Waals surface area contributed by atoms with Crippen molar-refractivity contribution in [2.45, 2.75) is 13.3 Å². The van der Waals surface area contributed by atoms with Gasteiger partial charge in [0.2, 0.25) is 0 Å². The molecular formula is C11H12FNO. The van der Waals surface area contributed by atoms with Gasteiger partial charge in [0.25, 0.3) is 0 Å². The lowest BCUT2D eigenvalue weighted by atomic mass is 10.2. The summed E-state index contributed by atoms with van der Waals surface area (Å²) in [6.45, 7) is 2.90. The van der Waals surface area contributed by atoms with Crippen molar-refractivity contribution < 1.29 is 9.18 Å². The first-order valence-corrected chi connectivity index (χ1v) is 4.69. The zero-order valence-corrected chi connectivity index (χ0v) is 8.09. The Morgan fingerprint density at radius 3 is 2.86 bits per heavy atom. The van der Waals surface area contributed by atoms with Crippen molar-refractivity contribution in [2.24, 2.45) is 0 Å². The monoisotopic (exact) mass is 193 g/mol. The Kier molecular flexibility index (Phi) is 2.23. The maximum absolute atomic E-state index is 13.4. The minimum absolute atomic E-state index is 0.186. The van der Waals surface area contributed by atoms with Crippen molar-refractivity contribution >= 4 is 11.5 Å². The summed E-state index contributed by atoms with van der Waals surface area (Å²) in [4.78, 5) is 12.9. The smallest absolute Gasteiger partial charge is 0.153 e. The minimum Gasteiger partial charge on any atom is -0.361 e. The number of ketones is 1. The highest BCUT2D eigenvalue weighted by atomic mass is 19.1. The fourth-order valence-electron chi connectivity index (χ4n) is 1.70. The molecule has 1 aliphatic rings. The van der Waals surface area contributed by atoms with Gasteiger partial charge in [-0.05, 0) is 24.6 Å². The number of aryl methyl sites for hydroxylation is 1. The SMILES string of the molecule is Cc1ccc(F)c(N2CCC(=O)C2)c1. The average Bonchev–Trinajstić information content (AvgIpc) is 2.56. The van der Waals surface area contributed by atoms with E-state index in [-0.39, 0.29) is 11.6 Å². The van der Waals surface area contributed by atoms with Crippen LogP contribution in [0.2, 0.25) is 0 Å². The topological polar surface area (TPSA) is 20.3 Å². The predicted octanol–water partition coefficient (Wildman–Crippen LogP) is 1.91. The van der Waals surface area contributed by atoms with Crippen LogP contribution in [0.3, 0.4) is 0 Å². The molecule has 1 fully saturated rings. The van der Waals surface area contributed by atoms with Crippen LogP contribution < -0.4 is 4.90 Å². The van der Waals surface area contributed by atoms with E-state index < -0.39 is 0 Å². The summed E-state index contributed by atoms with van der Waals surface area (Å²) in [5, 5.41) is 0. The molecule has 2 rings (SSSR count). The van der Waals surface area contributed by atoms with Crippen molar-refractivity contribution in [1.82, 2.24) is 0 Å². The summed E-state index contributed by atoms with van der Waals surface area (Å²) in [5.74, 6) is -0.0591. The number of Topliss-reactive ketones (excluding diaryl/α,β-unsaturated/α-hetero) is 1. The van der Waals surface area contributed by atoms with Crippen LogP contribution in [0.1, 0.15) is 12.0 Å². The van der Waals surface area contributed by atoms with Gasteiger partial charge in [0.1, 0.15) is 5.82 Å². The van der Waals surface area contributed by atoms with Crippen molar-refractivity contribution in [3.8, 4) is 0 Å². The zero-order valence-electron chi connectivity index (χ0n) is 8.09. The normalized spacial score (nSPS) is 16.4. The molecule has 0 bridgehead atoms. The molecule has 1 aromatic rings. The summed E-state index contributed by atoms with van der Waals surface area (Å²) >= 11 is 0. The second kappa shape index (κ2) is 3.40. The van der Waals surface area contributed by atoms with Crippen LogP contribution in [-0.4, -0.2) is 18.9 Å². The summed E-state index contributed by atoms with van der Waals surface area (Å²) in [6.07, 6.45) is 0.535. The third-order valence-corrected chi connectivity index (χ3v) is 2.47. The highest BCUT2D eigenvalue weighted by Gasteiger charge is 2.21. The molecule has 0 unspecified atom stereocenters. The van der Waals surface area contributed by atoms with Crippen molar-refractivity contribution in [3.05, 3.63) is 29.6 Å². The molecule has 1 saturated heterocycles. The molecule has 2 nitrogen and oxygen atoms in total. The van der Waals surface area contributed by atoms with Gasteiger partial charge >= 0.3 is 0 Å². The Bertz CT molecular complexity index is 376. The van der Waals surface area contributed by atoms with Crippen LogP contribution in [0.25, 0.3) is 0 Å². The fraction of sp³-hybridized carbons (Fsp3) is 0.364. The van der Waals surface area contributed by atoms with E-state index in [1.165, 1.54) is 6.07 Å². The maximum Gasteiger partial charge on any atom is 0.153 e. The van der Waals surface area contributed by atoms with E-state index in [2.05, 4.69) is 0 Å². The largest absolute Gasteiger partial charge is 0.361 e. The first-order valence-electron chi connectivity index (χ1n) is 4.69. The summed E-state index contributed by atoms with van der Waals surface area (Å²) < 4.78 is 13.4. The molecule has 0 atom stereocenters. The van der Waals surface area contributed by atoms with Crippen LogP contribution in [-0.2, 0) is 4.79 Å². The number of carbonyl (C=O) groups is 1. The van der Waals surface area contributed by atoms with E-state index in [0.29, 0.717) is 25.2 Å². The van der Waals surface area contributed by atoms with Crippen molar-refractivity contribution in [2.75, 3.05) is 18.0 Å². The highest BCUT2D eigenvalue weighted by molar-refractivity contribution is 5.87. The van der Waals surface area contributed by atoms with Crippen LogP contribution in [0, 0.1) is 12.7 Å². The summed E-state index contributed by atoms with van der Waals surface area (Å²) in [5.41, 5.74) is 1.57. The third-order valence-electron chi connectivity index (χ3n) is 2.47. The molecule has 0 saturated carbocycles. The number of nitrogens with zero attached hydrogens (tertiary/aromatic N) is 1. The molecule has 0 aliphatic carbocycles. The number of halogens is 1. The van der Waals surface area contributed by atoms with Crippen LogP contribution in [0.5, 0.6) is 0 Å². The summed E-state index contributed by atoms with van der Waals surface area (Å²) in [7, 11) is 0. The second-order valence-corrected chi connectivity index (χ2v) is 3.67. The fourth-order valence-corrected chi connectivity index (χ4v) is 1.70. The maximum atomic E-state index is 13.4. The zero-order chi connectivity index (χ0) is 10.1. The average molecular weight is 193 g/mol. The third kappa shape index (κ3) is 1.62. The Hall–Kier alpha value is -1.38. The molecule has 74 valence electrons. The molecule has 14 heavy (non-hydrogen) atoms. The summed E-state index contributed by atoms with van der Waals surface area (Å²) in [6, 6.07) is 4.97. The first-order chi connectivity index (χ1) is 6.66. The molecule has 3 heteroatoms. The standard InChI is InChI=1S/C11H12FNO/c1-8-2-3-10(12)11(6-8)13-5-4-9(14)7-13/h2-3,6H,4-5,7H2,1H3. The van der Waals surface area contributed by atoms with Crippen LogP contribution in [0.15, 0.2) is 18.2 Å². The Labute approximate surface area is 82.3 Å². The quantitative estimate of drug-likeness (QED) is 0.679. The number of rotatable bonds is 1. The Morgan fingerprint density at radius 2 is 2.21 bits per heavy atom. The van der Waals surface area contributed by atoms with Gasteiger partial charge < -0.3 is 4.90 Å². The van der Waals surface area contributed by atoms with Gasteiger partial charge in [-0.3, -0.25) is 4.79 Å². The lowest BCUT2D eigenvalue weighted by Gasteiger charge is -2.17. The van der Waals surface area contributed by atoms with Crippen molar-refractivity contribution in [1.29, 1.82) is 0 Å². The molecule has 1 aromatic carbocycles. The van der Waals surface area contributed by atoms with Gasteiger partial charge in [-0.25, -0.2) is 4.39 Å². The first kappa shape index (κ1) is 9.19. The number of carbonyl (C=O) groups excluding carboxylic acids is 1. The molecule has 0 amide bonds. The molecule has 1 aliphatic heterocycles. The predicted molar refractivity (Wildman–Crippen MR) is 53.0 cm³/mol.